The summed E-state index contributed by atoms with van der Waals surface area (Å²) in [6, 6.07) is 4.93. The fraction of sp³-hybridized carbons (Fsp3) is 0.250. The number of H-pyrrole nitrogens is 1. The number of benzene rings is 1. The maximum absolute atomic E-state index is 11.6. The van der Waals surface area contributed by atoms with Crippen molar-refractivity contribution in [3.05, 3.63) is 28.7 Å². The maximum atomic E-state index is 11.6. The van der Waals surface area contributed by atoms with E-state index >= 15 is 0 Å². The van der Waals surface area contributed by atoms with Crippen molar-refractivity contribution in [3.63, 3.8) is 0 Å². The standard InChI is InChI=1S/C12H14N4O4/c1-3-20-12(18)16(13)10-8-6-7(19-2)4-5-9(8)14-11(17)15-10/h4-6H,3,13H2,1-2H3,(H,14,15,17). The third-order valence-electron chi connectivity index (χ3n) is 2.61. The van der Waals surface area contributed by atoms with E-state index in [4.69, 9.17) is 15.3 Å². The Labute approximate surface area is 114 Å². The summed E-state index contributed by atoms with van der Waals surface area (Å²) in [6.45, 7) is 1.81. The number of nitrogens with two attached hydrogens (primary N) is 1. The van der Waals surface area contributed by atoms with E-state index in [1.807, 2.05) is 0 Å². The number of aromatic nitrogens is 2. The summed E-state index contributed by atoms with van der Waals surface area (Å²) >= 11 is 0. The monoisotopic (exact) mass is 278 g/mol. The van der Waals surface area contributed by atoms with E-state index in [0.29, 0.717) is 21.7 Å². The van der Waals surface area contributed by atoms with Crippen LogP contribution in [-0.2, 0) is 4.74 Å². The second-order valence-electron chi connectivity index (χ2n) is 3.85. The third kappa shape index (κ3) is 2.54. The molecule has 0 aliphatic rings. The predicted molar refractivity (Wildman–Crippen MR) is 72.6 cm³/mol. The van der Waals surface area contributed by atoms with Crippen LogP contribution >= 0.6 is 0 Å². The minimum atomic E-state index is -0.797. The van der Waals surface area contributed by atoms with Gasteiger partial charge in [-0.1, -0.05) is 0 Å². The summed E-state index contributed by atoms with van der Waals surface area (Å²) in [5, 5.41) is 1.17. The first-order chi connectivity index (χ1) is 9.56. The van der Waals surface area contributed by atoms with Crippen LogP contribution in [0.1, 0.15) is 6.92 Å². The Morgan fingerprint density at radius 3 is 2.90 bits per heavy atom. The van der Waals surface area contributed by atoms with Crippen LogP contribution in [0.3, 0.4) is 0 Å². The highest BCUT2D eigenvalue weighted by Gasteiger charge is 2.18. The Morgan fingerprint density at radius 2 is 2.25 bits per heavy atom. The molecule has 1 heterocycles. The van der Waals surface area contributed by atoms with Gasteiger partial charge in [0.15, 0.2) is 5.82 Å². The van der Waals surface area contributed by atoms with E-state index in [-0.39, 0.29) is 12.4 Å². The number of hydrogen-bond donors (Lipinski definition) is 2. The van der Waals surface area contributed by atoms with E-state index in [0.717, 1.165) is 0 Å². The summed E-state index contributed by atoms with van der Waals surface area (Å²) in [4.78, 5) is 29.4. The van der Waals surface area contributed by atoms with Crippen molar-refractivity contribution in [1.29, 1.82) is 0 Å². The molecule has 0 aliphatic carbocycles. The highest BCUT2D eigenvalue weighted by molar-refractivity contribution is 5.97. The highest BCUT2D eigenvalue weighted by atomic mass is 16.6. The third-order valence-corrected chi connectivity index (χ3v) is 2.61. The summed E-state index contributed by atoms with van der Waals surface area (Å²) < 4.78 is 9.88. The zero-order valence-corrected chi connectivity index (χ0v) is 11.0. The minimum absolute atomic E-state index is 0.00102. The van der Waals surface area contributed by atoms with E-state index < -0.39 is 11.8 Å². The first-order valence-electron chi connectivity index (χ1n) is 5.86. The quantitative estimate of drug-likeness (QED) is 0.487. The Kier molecular flexibility index (Phi) is 3.85. The molecule has 0 unspecified atom stereocenters. The number of anilines is 1. The van der Waals surface area contributed by atoms with Crippen LogP contribution in [0.25, 0.3) is 10.9 Å². The molecule has 8 nitrogen and oxygen atoms in total. The average molecular weight is 278 g/mol. The molecule has 1 amide bonds. The van der Waals surface area contributed by atoms with Crippen molar-refractivity contribution >= 4 is 22.8 Å². The van der Waals surface area contributed by atoms with Gasteiger partial charge >= 0.3 is 11.8 Å². The van der Waals surface area contributed by atoms with E-state index in [1.54, 1.807) is 25.1 Å². The Balaban J connectivity index is 2.61. The van der Waals surface area contributed by atoms with E-state index in [1.165, 1.54) is 7.11 Å². The van der Waals surface area contributed by atoms with Gasteiger partial charge in [-0.15, -0.1) is 0 Å². The van der Waals surface area contributed by atoms with Gasteiger partial charge in [0.1, 0.15) is 5.75 Å². The Morgan fingerprint density at radius 1 is 1.50 bits per heavy atom. The molecule has 0 saturated carbocycles. The second-order valence-corrected chi connectivity index (χ2v) is 3.85. The fourth-order valence-corrected chi connectivity index (χ4v) is 1.71. The van der Waals surface area contributed by atoms with Gasteiger partial charge in [-0.3, -0.25) is 0 Å². The van der Waals surface area contributed by atoms with Gasteiger partial charge in [-0.25, -0.2) is 15.4 Å². The van der Waals surface area contributed by atoms with E-state index in [9.17, 15) is 9.59 Å². The lowest BCUT2D eigenvalue weighted by Gasteiger charge is -2.16. The molecular formula is C12H14N4O4. The number of methoxy groups -OCH3 is 1. The molecule has 0 bridgehead atoms. The van der Waals surface area contributed by atoms with Crippen LogP contribution in [-0.4, -0.2) is 29.8 Å². The number of aromatic amines is 1. The number of carbonyl (C=O) groups excluding carboxylic acids is 1. The van der Waals surface area contributed by atoms with Gasteiger partial charge in [-0.2, -0.15) is 9.99 Å². The molecule has 1 aromatic heterocycles. The number of carbonyl (C=O) groups is 1. The lowest BCUT2D eigenvalue weighted by Crippen LogP contribution is -2.39. The smallest absolute Gasteiger partial charge is 0.430 e. The summed E-state index contributed by atoms with van der Waals surface area (Å²) in [6.07, 6.45) is -0.797. The van der Waals surface area contributed by atoms with Crippen molar-refractivity contribution in [2.24, 2.45) is 5.84 Å². The van der Waals surface area contributed by atoms with Gasteiger partial charge in [0.05, 0.1) is 19.2 Å². The fourth-order valence-electron chi connectivity index (χ4n) is 1.71. The van der Waals surface area contributed by atoms with Crippen LogP contribution in [0.5, 0.6) is 5.75 Å². The molecule has 0 atom stereocenters. The molecule has 0 radical (unpaired) electrons. The predicted octanol–water partition coefficient (Wildman–Crippen LogP) is 0.768. The van der Waals surface area contributed by atoms with Crippen LogP contribution in [0.15, 0.2) is 23.0 Å². The number of ether oxygens (including phenoxy) is 2. The molecule has 1 aromatic carbocycles. The van der Waals surface area contributed by atoms with E-state index in [2.05, 4.69) is 9.97 Å². The molecule has 3 N–H and O–H groups in total. The van der Waals surface area contributed by atoms with Gasteiger partial charge in [-0.05, 0) is 25.1 Å². The van der Waals surface area contributed by atoms with Crippen LogP contribution in [0.2, 0.25) is 0 Å². The lowest BCUT2D eigenvalue weighted by atomic mass is 10.2. The normalized spacial score (nSPS) is 10.3. The second kappa shape index (κ2) is 5.57. The van der Waals surface area contributed by atoms with Crippen molar-refractivity contribution < 1.29 is 14.3 Å². The SMILES string of the molecule is CCOC(=O)N(N)c1nc(=O)[nH]c2ccc(OC)cc12. The largest absolute Gasteiger partial charge is 0.497 e. The van der Waals surface area contributed by atoms with Crippen molar-refractivity contribution in [1.82, 2.24) is 9.97 Å². The first-order valence-corrected chi connectivity index (χ1v) is 5.86. The molecule has 0 saturated heterocycles. The molecular weight excluding hydrogens is 264 g/mol. The van der Waals surface area contributed by atoms with Gasteiger partial charge in [0.25, 0.3) is 0 Å². The molecule has 0 aliphatic heterocycles. The summed E-state index contributed by atoms with van der Waals surface area (Å²) in [7, 11) is 1.51. The molecule has 20 heavy (non-hydrogen) atoms. The molecule has 2 rings (SSSR count). The number of rotatable bonds is 3. The molecule has 0 fully saturated rings. The van der Waals surface area contributed by atoms with Crippen molar-refractivity contribution in [2.75, 3.05) is 18.7 Å². The van der Waals surface area contributed by atoms with Gasteiger partial charge < -0.3 is 14.5 Å². The number of amides is 1. The molecule has 8 heteroatoms. The molecule has 106 valence electrons. The molecule has 2 aromatic rings. The zero-order valence-electron chi connectivity index (χ0n) is 11.0. The number of fused-ring (bicyclic) bond motifs is 1. The van der Waals surface area contributed by atoms with Crippen molar-refractivity contribution in [2.45, 2.75) is 6.92 Å². The van der Waals surface area contributed by atoms with Gasteiger partial charge in [0.2, 0.25) is 0 Å². The van der Waals surface area contributed by atoms with Crippen LogP contribution in [0.4, 0.5) is 10.6 Å². The zero-order chi connectivity index (χ0) is 14.7. The average Bonchev–Trinajstić information content (AvgIpc) is 2.45. The highest BCUT2D eigenvalue weighted by Crippen LogP contribution is 2.25. The number of hydrogen-bond acceptors (Lipinski definition) is 6. The number of nitrogens with zero attached hydrogens (tertiary/aromatic N) is 2. The Bertz CT molecular complexity index is 697. The van der Waals surface area contributed by atoms with Crippen molar-refractivity contribution in [3.8, 4) is 5.75 Å². The number of nitrogens with one attached hydrogen (secondary N) is 1. The maximum Gasteiger partial charge on any atom is 0.430 e. The Hall–Kier alpha value is -2.61. The summed E-state index contributed by atoms with van der Waals surface area (Å²) in [5.74, 6) is 6.20. The van der Waals surface area contributed by atoms with Crippen LogP contribution < -0.4 is 21.3 Å². The minimum Gasteiger partial charge on any atom is -0.497 e. The summed E-state index contributed by atoms with van der Waals surface area (Å²) in [5.41, 5.74) is -0.127. The van der Waals surface area contributed by atoms with Gasteiger partial charge in [0, 0.05) is 5.39 Å². The number of hydrazine groups is 1. The first kappa shape index (κ1) is 13.8. The van der Waals surface area contributed by atoms with Crippen LogP contribution in [0, 0.1) is 0 Å². The topological polar surface area (TPSA) is 111 Å². The molecule has 0 spiro atoms. The lowest BCUT2D eigenvalue weighted by molar-refractivity contribution is 0.159.